The molecule has 0 aliphatic rings. The zero-order chi connectivity index (χ0) is 5.28. The molecule has 0 saturated heterocycles. The van der Waals surface area contributed by atoms with Crippen molar-refractivity contribution < 1.29 is 0 Å². The van der Waals surface area contributed by atoms with E-state index in [0.717, 1.165) is 9.34 Å². The average Bonchev–Trinajstić information content (AvgIpc) is 1.87. The largest absolute Gasteiger partial charge is 0.327 e. The van der Waals surface area contributed by atoms with Gasteiger partial charge in [0, 0.05) is 0 Å². The highest BCUT2D eigenvalue weighted by Gasteiger charge is 1.87. The molecule has 0 amide bonds. The number of nitrogens with one attached hydrogen (secondary N) is 1. The fourth-order valence-electron chi connectivity index (χ4n) is 0.276. The van der Waals surface area contributed by atoms with E-state index in [1.165, 1.54) is 0 Å². The number of aromatic nitrogens is 2. The Morgan fingerprint density at radius 1 is 1.57 bits per heavy atom. The van der Waals surface area contributed by atoms with Crippen molar-refractivity contribution in [2.24, 2.45) is 0 Å². The smallest absolute Gasteiger partial charge is 0.175 e. The molecule has 0 aromatic carbocycles. The van der Waals surface area contributed by atoms with Gasteiger partial charge in [-0.2, -0.15) is 0 Å². The van der Waals surface area contributed by atoms with Crippen LogP contribution in [0.1, 0.15) is 0 Å². The second-order valence-corrected chi connectivity index (χ2v) is 2.63. The molecule has 0 aliphatic heterocycles. The Balaban J connectivity index is 3.04. The summed E-state index contributed by atoms with van der Waals surface area (Å²) in [6.45, 7) is 0. The van der Waals surface area contributed by atoms with Gasteiger partial charge in [0.05, 0.1) is 6.20 Å². The Bertz CT molecular complexity index is 143. The lowest BCUT2D eigenvalue weighted by Crippen LogP contribution is -1.59. The highest BCUT2D eigenvalue weighted by atomic mass is 79.9. The van der Waals surface area contributed by atoms with Crippen molar-refractivity contribution in [2.45, 2.75) is 0 Å². The van der Waals surface area contributed by atoms with E-state index in [1.807, 2.05) is 0 Å². The van der Waals surface area contributed by atoms with Gasteiger partial charge in [0.1, 0.15) is 4.60 Å². The van der Waals surface area contributed by atoms with Crippen LogP contribution in [0.2, 0.25) is 0 Å². The SMILES string of the molecule is Brc1cnc(Br)[nH]1. The molecule has 1 aromatic rings. The number of hydrogen-bond acceptors (Lipinski definition) is 1. The fourth-order valence-corrected chi connectivity index (χ4v) is 1.15. The van der Waals surface area contributed by atoms with Crippen molar-refractivity contribution in [1.82, 2.24) is 9.97 Å². The Morgan fingerprint density at radius 3 is 2.43 bits per heavy atom. The maximum Gasteiger partial charge on any atom is 0.175 e. The van der Waals surface area contributed by atoms with Crippen LogP contribution in [0.3, 0.4) is 0 Å². The molecular formula is C3H2Br2N2. The molecule has 0 unspecified atom stereocenters. The normalized spacial score (nSPS) is 9.43. The van der Waals surface area contributed by atoms with Gasteiger partial charge >= 0.3 is 0 Å². The zero-order valence-corrected chi connectivity index (χ0v) is 6.45. The third-order valence-corrected chi connectivity index (χ3v) is 1.32. The number of nitrogens with zero attached hydrogens (tertiary/aromatic N) is 1. The summed E-state index contributed by atoms with van der Waals surface area (Å²) >= 11 is 6.32. The molecule has 0 atom stereocenters. The molecule has 4 heteroatoms. The van der Waals surface area contributed by atoms with Crippen LogP contribution in [0.5, 0.6) is 0 Å². The number of imidazole rings is 1. The molecular weight excluding hydrogens is 224 g/mol. The molecule has 0 saturated carbocycles. The third kappa shape index (κ3) is 1.28. The molecule has 0 aliphatic carbocycles. The van der Waals surface area contributed by atoms with Crippen molar-refractivity contribution in [3.05, 3.63) is 15.5 Å². The van der Waals surface area contributed by atoms with Gasteiger partial charge < -0.3 is 4.98 Å². The number of H-pyrrole nitrogens is 1. The topological polar surface area (TPSA) is 28.7 Å². The van der Waals surface area contributed by atoms with E-state index in [-0.39, 0.29) is 0 Å². The number of rotatable bonds is 0. The predicted octanol–water partition coefficient (Wildman–Crippen LogP) is 1.93. The summed E-state index contributed by atoms with van der Waals surface area (Å²) in [7, 11) is 0. The minimum absolute atomic E-state index is 0.749. The van der Waals surface area contributed by atoms with E-state index in [4.69, 9.17) is 0 Å². The first-order valence-electron chi connectivity index (χ1n) is 1.65. The Morgan fingerprint density at radius 2 is 2.29 bits per heavy atom. The minimum atomic E-state index is 0.749. The highest BCUT2D eigenvalue weighted by Crippen LogP contribution is 2.08. The molecule has 2 nitrogen and oxygen atoms in total. The molecule has 0 spiro atoms. The van der Waals surface area contributed by atoms with Crippen LogP contribution in [-0.4, -0.2) is 9.97 Å². The summed E-state index contributed by atoms with van der Waals surface area (Å²) in [6.07, 6.45) is 1.68. The van der Waals surface area contributed by atoms with Crippen molar-refractivity contribution in [3.63, 3.8) is 0 Å². The zero-order valence-electron chi connectivity index (χ0n) is 3.28. The van der Waals surface area contributed by atoms with Crippen molar-refractivity contribution in [2.75, 3.05) is 0 Å². The fraction of sp³-hybridized carbons (Fsp3) is 0. The van der Waals surface area contributed by atoms with Gasteiger partial charge in [-0.3, -0.25) is 0 Å². The van der Waals surface area contributed by atoms with Gasteiger partial charge in [0.2, 0.25) is 0 Å². The standard InChI is InChI=1S/C3H2Br2N2/c4-2-1-6-3(5)7-2/h1H,(H,6,7). The van der Waals surface area contributed by atoms with Crippen LogP contribution in [0.15, 0.2) is 15.5 Å². The quantitative estimate of drug-likeness (QED) is 0.719. The highest BCUT2D eigenvalue weighted by molar-refractivity contribution is 9.11. The lowest BCUT2D eigenvalue weighted by molar-refractivity contribution is 1.23. The molecule has 7 heavy (non-hydrogen) atoms. The van der Waals surface area contributed by atoms with Gasteiger partial charge in [0.15, 0.2) is 4.73 Å². The summed E-state index contributed by atoms with van der Waals surface area (Å²) in [5, 5.41) is 0. The molecule has 0 radical (unpaired) electrons. The van der Waals surface area contributed by atoms with Crippen LogP contribution in [-0.2, 0) is 0 Å². The maximum atomic E-state index is 3.83. The van der Waals surface area contributed by atoms with Crippen molar-refractivity contribution in [3.8, 4) is 0 Å². The summed E-state index contributed by atoms with van der Waals surface area (Å²) in [6, 6.07) is 0. The molecule has 0 fully saturated rings. The number of hydrogen-bond donors (Lipinski definition) is 1. The van der Waals surface area contributed by atoms with Crippen LogP contribution in [0.4, 0.5) is 0 Å². The second-order valence-electron chi connectivity index (χ2n) is 1.02. The van der Waals surface area contributed by atoms with Gasteiger partial charge in [-0.05, 0) is 31.9 Å². The van der Waals surface area contributed by atoms with E-state index in [1.54, 1.807) is 6.20 Å². The van der Waals surface area contributed by atoms with E-state index in [0.29, 0.717) is 0 Å². The summed E-state index contributed by atoms with van der Waals surface area (Å²) < 4.78 is 1.64. The number of halogens is 2. The van der Waals surface area contributed by atoms with E-state index in [9.17, 15) is 0 Å². The Kier molecular flexibility index (Phi) is 1.49. The van der Waals surface area contributed by atoms with Crippen LogP contribution >= 0.6 is 31.9 Å². The molecule has 1 heterocycles. The predicted molar refractivity (Wildman–Crippen MR) is 34.0 cm³/mol. The molecule has 1 rings (SSSR count). The maximum absolute atomic E-state index is 3.83. The first kappa shape index (κ1) is 5.31. The second kappa shape index (κ2) is 1.96. The third-order valence-electron chi connectivity index (χ3n) is 0.514. The first-order valence-corrected chi connectivity index (χ1v) is 3.23. The van der Waals surface area contributed by atoms with E-state index >= 15 is 0 Å². The molecule has 38 valence electrons. The monoisotopic (exact) mass is 224 g/mol. The van der Waals surface area contributed by atoms with E-state index < -0.39 is 0 Å². The summed E-state index contributed by atoms with van der Waals surface area (Å²) in [5.41, 5.74) is 0. The molecule has 1 aromatic heterocycles. The number of aromatic amines is 1. The lowest BCUT2D eigenvalue weighted by atomic mass is 11.0. The van der Waals surface area contributed by atoms with Gasteiger partial charge in [0.25, 0.3) is 0 Å². The minimum Gasteiger partial charge on any atom is -0.327 e. The average molecular weight is 226 g/mol. The van der Waals surface area contributed by atoms with Crippen LogP contribution in [0.25, 0.3) is 0 Å². The van der Waals surface area contributed by atoms with Crippen LogP contribution in [0, 0.1) is 0 Å². The summed E-state index contributed by atoms with van der Waals surface area (Å²) in [5.74, 6) is 0. The lowest BCUT2D eigenvalue weighted by Gasteiger charge is -1.70. The molecule has 1 N–H and O–H groups in total. The summed E-state index contributed by atoms with van der Waals surface area (Å²) in [4.78, 5) is 6.69. The Labute approximate surface area is 57.6 Å². The van der Waals surface area contributed by atoms with Gasteiger partial charge in [-0.25, -0.2) is 4.98 Å². The van der Waals surface area contributed by atoms with Crippen molar-refractivity contribution in [1.29, 1.82) is 0 Å². The molecule has 0 bridgehead atoms. The van der Waals surface area contributed by atoms with Crippen molar-refractivity contribution >= 4 is 31.9 Å². The van der Waals surface area contributed by atoms with Crippen LogP contribution < -0.4 is 0 Å². The Hall–Kier alpha value is 0.170. The van der Waals surface area contributed by atoms with Gasteiger partial charge in [-0.15, -0.1) is 0 Å². The first-order chi connectivity index (χ1) is 3.29. The van der Waals surface area contributed by atoms with E-state index in [2.05, 4.69) is 41.8 Å². The van der Waals surface area contributed by atoms with Gasteiger partial charge in [-0.1, -0.05) is 0 Å².